The van der Waals surface area contributed by atoms with Gasteiger partial charge in [-0.1, -0.05) is 19.1 Å². The van der Waals surface area contributed by atoms with Crippen LogP contribution in [0.25, 0.3) is 0 Å². The minimum Gasteiger partial charge on any atom is -0.393 e. The Kier molecular flexibility index (Phi) is 6.64. The largest absolute Gasteiger partial charge is 0.393 e. The van der Waals surface area contributed by atoms with E-state index in [2.05, 4.69) is 5.32 Å². The zero-order valence-electron chi connectivity index (χ0n) is 9.95. The van der Waals surface area contributed by atoms with Crippen molar-refractivity contribution in [2.75, 3.05) is 20.1 Å². The minimum absolute atomic E-state index is 0.0517. The molecule has 0 radical (unpaired) electrons. The predicted molar refractivity (Wildman–Crippen MR) is 66.9 cm³/mol. The highest BCUT2D eigenvalue weighted by atomic mass is 32.1. The van der Waals surface area contributed by atoms with Crippen LogP contribution >= 0.6 is 12.2 Å². The second-order valence-electron chi connectivity index (χ2n) is 3.56. The van der Waals surface area contributed by atoms with E-state index in [0.29, 0.717) is 6.54 Å². The summed E-state index contributed by atoms with van der Waals surface area (Å²) in [6, 6.07) is 0. The second-order valence-corrected chi connectivity index (χ2v) is 4.03. The van der Waals surface area contributed by atoms with E-state index in [4.69, 9.17) is 18.0 Å². The summed E-state index contributed by atoms with van der Waals surface area (Å²) in [4.78, 5) is 24.8. The summed E-state index contributed by atoms with van der Waals surface area (Å²) < 4.78 is 0. The third-order valence-electron chi connectivity index (χ3n) is 2.22. The van der Waals surface area contributed by atoms with Crippen LogP contribution in [-0.4, -0.2) is 41.8 Å². The van der Waals surface area contributed by atoms with Crippen molar-refractivity contribution in [1.82, 2.24) is 10.2 Å². The van der Waals surface area contributed by atoms with Gasteiger partial charge in [-0.2, -0.15) is 0 Å². The molecular formula is C10H19N3O2S. The average molecular weight is 245 g/mol. The van der Waals surface area contributed by atoms with E-state index in [1.165, 1.54) is 11.9 Å². The molecule has 16 heavy (non-hydrogen) atoms. The van der Waals surface area contributed by atoms with Crippen molar-refractivity contribution >= 4 is 29.0 Å². The first-order chi connectivity index (χ1) is 7.43. The van der Waals surface area contributed by atoms with E-state index in [9.17, 15) is 9.59 Å². The SMILES string of the molecule is CCCN(CC(=O)NC)C(=O)C(C)C(N)=S. The number of hydrogen-bond acceptors (Lipinski definition) is 3. The Morgan fingerprint density at radius 1 is 1.50 bits per heavy atom. The van der Waals surface area contributed by atoms with Gasteiger partial charge in [-0.3, -0.25) is 9.59 Å². The van der Waals surface area contributed by atoms with Gasteiger partial charge in [0.1, 0.15) is 0 Å². The Balaban J connectivity index is 4.57. The van der Waals surface area contributed by atoms with Crippen LogP contribution in [0.5, 0.6) is 0 Å². The van der Waals surface area contributed by atoms with Gasteiger partial charge < -0.3 is 16.0 Å². The number of amides is 2. The molecule has 0 fully saturated rings. The summed E-state index contributed by atoms with van der Waals surface area (Å²) in [5, 5.41) is 2.48. The highest BCUT2D eigenvalue weighted by Gasteiger charge is 2.23. The monoisotopic (exact) mass is 245 g/mol. The maximum absolute atomic E-state index is 11.9. The number of rotatable bonds is 6. The molecule has 0 heterocycles. The van der Waals surface area contributed by atoms with Crippen molar-refractivity contribution in [3.8, 4) is 0 Å². The van der Waals surface area contributed by atoms with E-state index in [-0.39, 0.29) is 23.3 Å². The average Bonchev–Trinajstić information content (AvgIpc) is 2.26. The third-order valence-corrected chi connectivity index (χ3v) is 2.57. The van der Waals surface area contributed by atoms with Gasteiger partial charge in [0, 0.05) is 13.6 Å². The quantitative estimate of drug-likeness (QED) is 0.640. The van der Waals surface area contributed by atoms with Crippen LogP contribution in [0.1, 0.15) is 20.3 Å². The summed E-state index contributed by atoms with van der Waals surface area (Å²) in [6.07, 6.45) is 0.785. The van der Waals surface area contributed by atoms with Crippen molar-refractivity contribution in [2.24, 2.45) is 11.7 Å². The Labute approximate surface area is 101 Å². The lowest BCUT2D eigenvalue weighted by Crippen LogP contribution is -2.44. The molecular weight excluding hydrogens is 226 g/mol. The van der Waals surface area contributed by atoms with E-state index in [1.54, 1.807) is 6.92 Å². The Hall–Kier alpha value is -1.17. The van der Waals surface area contributed by atoms with Gasteiger partial charge in [0.25, 0.3) is 0 Å². The van der Waals surface area contributed by atoms with Gasteiger partial charge >= 0.3 is 0 Å². The summed E-state index contributed by atoms with van der Waals surface area (Å²) in [7, 11) is 1.54. The summed E-state index contributed by atoms with van der Waals surface area (Å²) >= 11 is 4.77. The van der Waals surface area contributed by atoms with Gasteiger partial charge in [0.05, 0.1) is 17.5 Å². The highest BCUT2D eigenvalue weighted by Crippen LogP contribution is 2.04. The zero-order chi connectivity index (χ0) is 12.7. The number of carbonyl (C=O) groups excluding carboxylic acids is 2. The standard InChI is InChI=1S/C10H19N3O2S/c1-4-5-13(6-8(14)12-3)10(15)7(2)9(11)16/h7H,4-6H2,1-3H3,(H2,11,16)(H,12,14). The molecule has 0 saturated carbocycles. The zero-order valence-corrected chi connectivity index (χ0v) is 10.8. The van der Waals surface area contributed by atoms with Crippen LogP contribution in [0.2, 0.25) is 0 Å². The van der Waals surface area contributed by atoms with Crippen LogP contribution in [-0.2, 0) is 9.59 Å². The molecule has 2 amide bonds. The first-order valence-corrected chi connectivity index (χ1v) is 5.63. The Morgan fingerprint density at radius 3 is 2.44 bits per heavy atom. The number of nitrogens with zero attached hydrogens (tertiary/aromatic N) is 1. The maximum Gasteiger partial charge on any atom is 0.239 e. The fraction of sp³-hybridized carbons (Fsp3) is 0.700. The first-order valence-electron chi connectivity index (χ1n) is 5.22. The highest BCUT2D eigenvalue weighted by molar-refractivity contribution is 7.80. The molecule has 0 aliphatic heterocycles. The lowest BCUT2D eigenvalue weighted by Gasteiger charge is -2.24. The molecule has 5 nitrogen and oxygen atoms in total. The van der Waals surface area contributed by atoms with Crippen molar-refractivity contribution in [3.05, 3.63) is 0 Å². The Bertz CT molecular complexity index is 281. The lowest BCUT2D eigenvalue weighted by atomic mass is 10.1. The van der Waals surface area contributed by atoms with Gasteiger partial charge in [0.2, 0.25) is 11.8 Å². The third kappa shape index (κ3) is 4.57. The maximum atomic E-state index is 11.9. The predicted octanol–water partition coefficient (Wildman–Crippen LogP) is -0.107. The molecule has 6 heteroatoms. The van der Waals surface area contributed by atoms with Crippen molar-refractivity contribution < 1.29 is 9.59 Å². The summed E-state index contributed by atoms with van der Waals surface area (Å²) in [5.74, 6) is -0.916. The number of nitrogens with two attached hydrogens (primary N) is 1. The first kappa shape index (κ1) is 14.8. The molecule has 0 saturated heterocycles. The van der Waals surface area contributed by atoms with E-state index >= 15 is 0 Å². The van der Waals surface area contributed by atoms with Gasteiger partial charge in [-0.15, -0.1) is 0 Å². The molecule has 1 atom stereocenters. The van der Waals surface area contributed by atoms with Gasteiger partial charge in [-0.25, -0.2) is 0 Å². The second kappa shape index (κ2) is 7.16. The van der Waals surface area contributed by atoms with Crippen molar-refractivity contribution in [1.29, 1.82) is 0 Å². The summed E-state index contributed by atoms with van der Waals surface area (Å²) in [5.41, 5.74) is 5.42. The molecule has 1 unspecified atom stereocenters. The summed E-state index contributed by atoms with van der Waals surface area (Å²) in [6.45, 7) is 4.17. The van der Waals surface area contributed by atoms with Crippen LogP contribution in [0.15, 0.2) is 0 Å². The van der Waals surface area contributed by atoms with Crippen molar-refractivity contribution in [3.63, 3.8) is 0 Å². The van der Waals surface area contributed by atoms with Crippen LogP contribution < -0.4 is 11.1 Å². The van der Waals surface area contributed by atoms with E-state index < -0.39 is 5.92 Å². The molecule has 0 aromatic heterocycles. The van der Waals surface area contributed by atoms with E-state index in [0.717, 1.165) is 6.42 Å². The lowest BCUT2D eigenvalue weighted by molar-refractivity contribution is -0.137. The number of likely N-dealkylation sites (N-methyl/N-ethyl adjacent to an activating group) is 1. The molecule has 0 spiro atoms. The van der Waals surface area contributed by atoms with Crippen molar-refractivity contribution in [2.45, 2.75) is 20.3 Å². The normalized spacial score (nSPS) is 11.7. The minimum atomic E-state index is -0.522. The fourth-order valence-corrected chi connectivity index (χ4v) is 1.29. The Morgan fingerprint density at radius 2 is 2.06 bits per heavy atom. The molecule has 3 N–H and O–H groups in total. The number of hydrogen-bond donors (Lipinski definition) is 2. The number of nitrogens with one attached hydrogen (secondary N) is 1. The topological polar surface area (TPSA) is 75.4 Å². The van der Waals surface area contributed by atoms with E-state index in [1.807, 2.05) is 6.92 Å². The molecule has 0 aliphatic rings. The van der Waals surface area contributed by atoms with Crippen LogP contribution in [0, 0.1) is 5.92 Å². The molecule has 0 aromatic carbocycles. The molecule has 0 aromatic rings. The molecule has 0 rings (SSSR count). The fourth-order valence-electron chi connectivity index (χ4n) is 1.19. The molecule has 92 valence electrons. The number of carbonyl (C=O) groups is 2. The van der Waals surface area contributed by atoms with Crippen LogP contribution in [0.4, 0.5) is 0 Å². The molecule has 0 aliphatic carbocycles. The van der Waals surface area contributed by atoms with Gasteiger partial charge in [0.15, 0.2) is 0 Å². The molecule has 0 bridgehead atoms. The number of thiocarbonyl (C=S) groups is 1. The van der Waals surface area contributed by atoms with Gasteiger partial charge in [-0.05, 0) is 13.3 Å². The van der Waals surface area contributed by atoms with Crippen LogP contribution in [0.3, 0.4) is 0 Å². The smallest absolute Gasteiger partial charge is 0.239 e.